The first-order valence-corrected chi connectivity index (χ1v) is 8.60. The standard InChI is InChI=1S/C19H19ClN2O5/c1-11(2)17(19(24)27-16-7-5-4-6-12(16)3)21-18(23)14-9-8-13(22(25)26)10-15(14)20/h4-11,17H,1-3H3,(H,21,23). The maximum absolute atomic E-state index is 12.5. The van der Waals surface area contributed by atoms with Crippen LogP contribution in [0.4, 0.5) is 5.69 Å². The second-order valence-corrected chi connectivity index (χ2v) is 6.71. The molecule has 0 radical (unpaired) electrons. The van der Waals surface area contributed by atoms with Crippen LogP contribution in [0.25, 0.3) is 0 Å². The molecule has 7 nitrogen and oxygen atoms in total. The van der Waals surface area contributed by atoms with Crippen molar-refractivity contribution in [2.75, 3.05) is 0 Å². The van der Waals surface area contributed by atoms with E-state index in [1.165, 1.54) is 12.1 Å². The molecule has 0 saturated heterocycles. The van der Waals surface area contributed by atoms with Gasteiger partial charge in [-0.2, -0.15) is 0 Å². The number of nitro benzene ring substituents is 1. The van der Waals surface area contributed by atoms with Gasteiger partial charge < -0.3 is 10.1 Å². The molecular formula is C19H19ClN2O5. The van der Waals surface area contributed by atoms with Crippen molar-refractivity contribution < 1.29 is 19.2 Å². The Balaban J connectivity index is 2.18. The van der Waals surface area contributed by atoms with E-state index in [1.807, 2.05) is 19.1 Å². The molecule has 0 saturated carbocycles. The molecule has 1 unspecified atom stereocenters. The summed E-state index contributed by atoms with van der Waals surface area (Å²) < 4.78 is 5.41. The van der Waals surface area contributed by atoms with Gasteiger partial charge >= 0.3 is 5.97 Å². The van der Waals surface area contributed by atoms with Crippen molar-refractivity contribution in [2.45, 2.75) is 26.8 Å². The average molecular weight is 391 g/mol. The SMILES string of the molecule is Cc1ccccc1OC(=O)C(NC(=O)c1ccc([N+](=O)[O-])cc1Cl)C(C)C. The van der Waals surface area contributed by atoms with Crippen molar-refractivity contribution in [1.82, 2.24) is 5.32 Å². The molecule has 0 aliphatic rings. The van der Waals surface area contributed by atoms with E-state index in [0.29, 0.717) is 5.75 Å². The molecule has 0 bridgehead atoms. The molecule has 27 heavy (non-hydrogen) atoms. The summed E-state index contributed by atoms with van der Waals surface area (Å²) in [7, 11) is 0. The van der Waals surface area contributed by atoms with Crippen molar-refractivity contribution >= 4 is 29.2 Å². The number of carbonyl (C=O) groups excluding carboxylic acids is 2. The Morgan fingerprint density at radius 2 is 1.85 bits per heavy atom. The van der Waals surface area contributed by atoms with Crippen molar-refractivity contribution in [3.8, 4) is 5.75 Å². The number of para-hydroxylation sites is 1. The fraction of sp³-hybridized carbons (Fsp3) is 0.263. The number of hydrogen-bond donors (Lipinski definition) is 1. The molecule has 0 spiro atoms. The summed E-state index contributed by atoms with van der Waals surface area (Å²) in [6, 6.07) is 9.65. The second-order valence-electron chi connectivity index (χ2n) is 6.30. The van der Waals surface area contributed by atoms with Gasteiger partial charge in [-0.25, -0.2) is 4.79 Å². The third-order valence-corrected chi connectivity index (χ3v) is 4.23. The lowest BCUT2D eigenvalue weighted by molar-refractivity contribution is -0.384. The molecular weight excluding hydrogens is 372 g/mol. The van der Waals surface area contributed by atoms with Gasteiger partial charge in [-0.05, 0) is 30.5 Å². The molecule has 142 valence electrons. The van der Waals surface area contributed by atoms with E-state index in [0.717, 1.165) is 11.6 Å². The zero-order valence-corrected chi connectivity index (χ0v) is 15.8. The van der Waals surface area contributed by atoms with E-state index < -0.39 is 22.8 Å². The van der Waals surface area contributed by atoms with Crippen LogP contribution in [0.5, 0.6) is 5.75 Å². The predicted molar refractivity (Wildman–Crippen MR) is 101 cm³/mol. The molecule has 2 aromatic rings. The van der Waals surface area contributed by atoms with E-state index in [-0.39, 0.29) is 22.2 Å². The fourth-order valence-electron chi connectivity index (χ4n) is 2.36. The topological polar surface area (TPSA) is 98.5 Å². The molecule has 0 fully saturated rings. The lowest BCUT2D eigenvalue weighted by atomic mass is 10.0. The Kier molecular flexibility index (Phi) is 6.52. The minimum atomic E-state index is -0.914. The number of non-ortho nitro benzene ring substituents is 1. The number of nitrogens with zero attached hydrogens (tertiary/aromatic N) is 1. The maximum Gasteiger partial charge on any atom is 0.334 e. The summed E-state index contributed by atoms with van der Waals surface area (Å²) >= 11 is 5.98. The van der Waals surface area contributed by atoms with Crippen LogP contribution in [0.2, 0.25) is 5.02 Å². The predicted octanol–water partition coefficient (Wildman–Crippen LogP) is 3.92. The Hall–Kier alpha value is -2.93. The number of hydrogen-bond acceptors (Lipinski definition) is 5. The molecule has 0 aliphatic heterocycles. The Bertz CT molecular complexity index is 882. The van der Waals surface area contributed by atoms with E-state index in [2.05, 4.69) is 5.32 Å². The van der Waals surface area contributed by atoms with Gasteiger partial charge in [-0.3, -0.25) is 14.9 Å². The van der Waals surface area contributed by atoms with Crippen LogP contribution in [-0.2, 0) is 4.79 Å². The molecule has 2 aromatic carbocycles. The van der Waals surface area contributed by atoms with Gasteiger partial charge in [-0.15, -0.1) is 0 Å². The van der Waals surface area contributed by atoms with Crippen molar-refractivity contribution in [3.63, 3.8) is 0 Å². The van der Waals surface area contributed by atoms with Crippen LogP contribution < -0.4 is 10.1 Å². The maximum atomic E-state index is 12.5. The number of halogens is 1. The number of nitro groups is 1. The largest absolute Gasteiger partial charge is 0.425 e. The average Bonchev–Trinajstić information content (AvgIpc) is 2.60. The third kappa shape index (κ3) is 5.04. The van der Waals surface area contributed by atoms with Gasteiger partial charge in [0.05, 0.1) is 15.5 Å². The van der Waals surface area contributed by atoms with E-state index in [1.54, 1.807) is 26.0 Å². The number of rotatable bonds is 6. The molecule has 0 aromatic heterocycles. The normalized spacial score (nSPS) is 11.7. The molecule has 0 heterocycles. The highest BCUT2D eigenvalue weighted by atomic mass is 35.5. The lowest BCUT2D eigenvalue weighted by Gasteiger charge is -2.21. The van der Waals surface area contributed by atoms with Gasteiger partial charge in [0.15, 0.2) is 0 Å². The molecule has 0 aliphatic carbocycles. The number of esters is 1. The van der Waals surface area contributed by atoms with Crippen LogP contribution in [0, 0.1) is 23.0 Å². The first-order valence-electron chi connectivity index (χ1n) is 8.23. The monoisotopic (exact) mass is 390 g/mol. The van der Waals surface area contributed by atoms with E-state index >= 15 is 0 Å². The lowest BCUT2D eigenvalue weighted by Crippen LogP contribution is -2.46. The molecule has 8 heteroatoms. The minimum Gasteiger partial charge on any atom is -0.425 e. The highest BCUT2D eigenvalue weighted by Gasteiger charge is 2.28. The first-order chi connectivity index (χ1) is 12.7. The minimum absolute atomic E-state index is 0.0385. The van der Waals surface area contributed by atoms with Crippen LogP contribution in [0.15, 0.2) is 42.5 Å². The zero-order valence-electron chi connectivity index (χ0n) is 15.1. The van der Waals surface area contributed by atoms with Crippen LogP contribution in [-0.4, -0.2) is 22.8 Å². The van der Waals surface area contributed by atoms with Gasteiger partial charge in [0, 0.05) is 12.1 Å². The summed E-state index contributed by atoms with van der Waals surface area (Å²) in [5.41, 5.74) is 0.602. The van der Waals surface area contributed by atoms with Gasteiger partial charge in [0.2, 0.25) is 0 Å². The van der Waals surface area contributed by atoms with E-state index in [4.69, 9.17) is 16.3 Å². The smallest absolute Gasteiger partial charge is 0.334 e. The van der Waals surface area contributed by atoms with Crippen LogP contribution in [0.1, 0.15) is 29.8 Å². The summed E-state index contributed by atoms with van der Waals surface area (Å²) in [5, 5.41) is 13.3. The van der Waals surface area contributed by atoms with E-state index in [9.17, 15) is 19.7 Å². The molecule has 1 amide bonds. The van der Waals surface area contributed by atoms with Crippen molar-refractivity contribution in [2.24, 2.45) is 5.92 Å². The summed E-state index contributed by atoms with van der Waals surface area (Å²) in [6.45, 7) is 5.34. The number of benzene rings is 2. The fourth-order valence-corrected chi connectivity index (χ4v) is 2.62. The Labute approximate surface area is 161 Å². The number of aryl methyl sites for hydroxylation is 1. The highest BCUT2D eigenvalue weighted by molar-refractivity contribution is 6.34. The third-order valence-electron chi connectivity index (χ3n) is 3.92. The molecule has 1 atom stereocenters. The molecule has 1 N–H and O–H groups in total. The highest BCUT2D eigenvalue weighted by Crippen LogP contribution is 2.23. The second kappa shape index (κ2) is 8.64. The van der Waals surface area contributed by atoms with Gasteiger partial charge in [0.25, 0.3) is 11.6 Å². The summed E-state index contributed by atoms with van der Waals surface area (Å²) in [4.78, 5) is 35.2. The summed E-state index contributed by atoms with van der Waals surface area (Å²) in [6.07, 6.45) is 0. The van der Waals surface area contributed by atoms with Gasteiger partial charge in [0.1, 0.15) is 11.8 Å². The zero-order chi connectivity index (χ0) is 20.1. The van der Waals surface area contributed by atoms with Crippen LogP contribution >= 0.6 is 11.6 Å². The number of nitrogens with one attached hydrogen (secondary N) is 1. The Morgan fingerprint density at radius 1 is 1.19 bits per heavy atom. The van der Waals surface area contributed by atoms with Crippen LogP contribution in [0.3, 0.4) is 0 Å². The summed E-state index contributed by atoms with van der Waals surface area (Å²) in [5.74, 6) is -1.06. The van der Waals surface area contributed by atoms with Crippen molar-refractivity contribution in [1.29, 1.82) is 0 Å². The van der Waals surface area contributed by atoms with Crippen molar-refractivity contribution in [3.05, 3.63) is 68.7 Å². The number of amides is 1. The number of ether oxygens (including phenoxy) is 1. The quantitative estimate of drug-likeness (QED) is 0.349. The Morgan fingerprint density at radius 3 is 2.41 bits per heavy atom. The first kappa shape index (κ1) is 20.4. The molecule has 2 rings (SSSR count). The number of carbonyl (C=O) groups is 2. The van der Waals surface area contributed by atoms with Gasteiger partial charge in [-0.1, -0.05) is 43.6 Å².